The van der Waals surface area contributed by atoms with E-state index in [2.05, 4.69) is 20.9 Å². The van der Waals surface area contributed by atoms with Crippen molar-refractivity contribution in [3.63, 3.8) is 0 Å². The van der Waals surface area contributed by atoms with Gasteiger partial charge >= 0.3 is 11.9 Å². The Morgan fingerprint density at radius 1 is 1.04 bits per heavy atom. The predicted octanol–water partition coefficient (Wildman–Crippen LogP) is 3.25. The lowest BCUT2D eigenvalue weighted by Gasteiger charge is -2.16. The molecule has 0 saturated carbocycles. The van der Waals surface area contributed by atoms with Crippen molar-refractivity contribution in [1.29, 1.82) is 0 Å². The fourth-order valence-corrected chi connectivity index (χ4v) is 3.27. The van der Waals surface area contributed by atoms with Gasteiger partial charge in [0.2, 0.25) is 6.79 Å². The fourth-order valence-electron chi connectivity index (χ4n) is 2.75. The highest BCUT2D eigenvalue weighted by Crippen LogP contribution is 2.43. The maximum atomic E-state index is 11.7. The summed E-state index contributed by atoms with van der Waals surface area (Å²) in [6.45, 7) is 3.12. The first kappa shape index (κ1) is 16.3. The van der Waals surface area contributed by atoms with Gasteiger partial charge in [0, 0.05) is 15.6 Å². The second-order valence-corrected chi connectivity index (χ2v) is 6.06. The van der Waals surface area contributed by atoms with Crippen LogP contribution in [0.2, 0.25) is 0 Å². The van der Waals surface area contributed by atoms with Gasteiger partial charge in [-0.2, -0.15) is 0 Å². The third-order valence-corrected chi connectivity index (χ3v) is 4.37. The summed E-state index contributed by atoms with van der Waals surface area (Å²) in [4.78, 5) is 27.6. The van der Waals surface area contributed by atoms with Gasteiger partial charge in [-0.15, -0.1) is 0 Å². The molecule has 1 aliphatic rings. The van der Waals surface area contributed by atoms with Gasteiger partial charge in [0.05, 0.1) is 22.5 Å². The summed E-state index contributed by atoms with van der Waals surface area (Å²) in [5.74, 6) is -1.57. The highest BCUT2D eigenvalue weighted by atomic mass is 79.9. The summed E-state index contributed by atoms with van der Waals surface area (Å²) in [6.07, 6.45) is 0. The van der Waals surface area contributed by atoms with Crippen LogP contribution in [0.4, 0.5) is 0 Å². The van der Waals surface area contributed by atoms with E-state index in [0.717, 1.165) is 0 Å². The molecule has 2 aromatic rings. The van der Waals surface area contributed by atoms with Crippen molar-refractivity contribution in [3.8, 4) is 22.6 Å². The quantitative estimate of drug-likeness (QED) is 0.823. The second-order valence-electron chi connectivity index (χ2n) is 5.20. The third-order valence-electron chi connectivity index (χ3n) is 3.72. The molecule has 7 nitrogen and oxygen atoms in total. The summed E-state index contributed by atoms with van der Waals surface area (Å²) < 4.78 is 11.1. The van der Waals surface area contributed by atoms with Crippen LogP contribution >= 0.6 is 15.9 Å². The van der Waals surface area contributed by atoms with Crippen molar-refractivity contribution < 1.29 is 29.3 Å². The maximum absolute atomic E-state index is 11.7. The van der Waals surface area contributed by atoms with Gasteiger partial charge in [0.25, 0.3) is 0 Å². The van der Waals surface area contributed by atoms with Crippen LogP contribution in [0.25, 0.3) is 11.1 Å². The number of benzene rings is 1. The lowest BCUT2D eigenvalue weighted by atomic mass is 9.92. The molecule has 0 fully saturated rings. The Bertz CT molecular complexity index is 855. The number of fused-ring (bicyclic) bond motifs is 1. The van der Waals surface area contributed by atoms with Gasteiger partial charge in [-0.05, 0) is 26.0 Å². The molecule has 0 spiro atoms. The number of hydrogen-bond acceptors (Lipinski definition) is 5. The number of aromatic nitrogens is 1. The predicted molar refractivity (Wildman–Crippen MR) is 86.9 cm³/mol. The Balaban J connectivity index is 2.43. The molecule has 1 aromatic heterocycles. The van der Waals surface area contributed by atoms with Crippen LogP contribution in [0.3, 0.4) is 0 Å². The summed E-state index contributed by atoms with van der Waals surface area (Å²) in [5.41, 5.74) is 0.650. The molecule has 0 radical (unpaired) electrons. The third kappa shape index (κ3) is 2.48. The van der Waals surface area contributed by atoms with Gasteiger partial charge in [0.15, 0.2) is 11.5 Å². The smallest absolute Gasteiger partial charge is 0.338 e. The Hall–Kier alpha value is -2.61. The number of carbonyl (C=O) groups is 2. The largest absolute Gasteiger partial charge is 0.478 e. The first-order chi connectivity index (χ1) is 11.3. The van der Waals surface area contributed by atoms with Crippen molar-refractivity contribution in [2.75, 3.05) is 6.79 Å². The van der Waals surface area contributed by atoms with Gasteiger partial charge in [-0.3, -0.25) is 4.98 Å². The number of rotatable bonds is 3. The maximum Gasteiger partial charge on any atom is 0.338 e. The standard InChI is InChI=1S/C16H12BrNO6/c1-6-12(15(19)20)14(13(16(21)22)7(2)18-6)8-3-10-11(4-9(8)17)24-5-23-10/h3-4H,5H2,1-2H3,(H,19,20)(H,21,22). The average molecular weight is 394 g/mol. The van der Waals surface area contributed by atoms with E-state index in [0.29, 0.717) is 21.5 Å². The monoisotopic (exact) mass is 393 g/mol. The SMILES string of the molecule is Cc1nc(C)c(C(=O)O)c(-c2cc3c(cc2Br)OCO3)c1C(=O)O. The number of aromatic carboxylic acids is 2. The summed E-state index contributed by atoms with van der Waals surface area (Å²) >= 11 is 3.36. The summed E-state index contributed by atoms with van der Waals surface area (Å²) in [5, 5.41) is 19.2. The number of ether oxygens (including phenoxy) is 2. The van der Waals surface area contributed by atoms with Crippen molar-refractivity contribution in [2.45, 2.75) is 13.8 Å². The minimum atomic E-state index is -1.25. The molecule has 24 heavy (non-hydrogen) atoms. The Kier molecular flexibility index (Phi) is 3.92. The van der Waals surface area contributed by atoms with Crippen LogP contribution in [0.5, 0.6) is 11.5 Å². The normalized spacial score (nSPS) is 12.3. The molecule has 8 heteroatoms. The van der Waals surface area contributed by atoms with Crippen LogP contribution in [0.15, 0.2) is 16.6 Å². The zero-order valence-corrected chi connectivity index (χ0v) is 14.3. The van der Waals surface area contributed by atoms with E-state index in [1.807, 2.05) is 0 Å². The number of carboxylic acids is 2. The van der Waals surface area contributed by atoms with Crippen LogP contribution in [-0.4, -0.2) is 33.9 Å². The van der Waals surface area contributed by atoms with Gasteiger partial charge in [-0.25, -0.2) is 9.59 Å². The Labute approximate surface area is 145 Å². The number of hydrogen-bond donors (Lipinski definition) is 2. The minimum Gasteiger partial charge on any atom is -0.478 e. The van der Waals surface area contributed by atoms with E-state index in [1.54, 1.807) is 12.1 Å². The van der Waals surface area contributed by atoms with Crippen LogP contribution in [0.1, 0.15) is 32.1 Å². The molecular weight excluding hydrogens is 382 g/mol. The molecule has 1 aromatic carbocycles. The zero-order valence-electron chi connectivity index (χ0n) is 12.7. The number of pyridine rings is 1. The second kappa shape index (κ2) is 5.79. The van der Waals surface area contributed by atoms with Crippen LogP contribution in [0, 0.1) is 13.8 Å². The van der Waals surface area contributed by atoms with Crippen LogP contribution < -0.4 is 9.47 Å². The van der Waals surface area contributed by atoms with E-state index in [9.17, 15) is 19.8 Å². The molecule has 0 bridgehead atoms. The number of nitrogens with zero attached hydrogens (tertiary/aromatic N) is 1. The van der Waals surface area contributed by atoms with Gasteiger partial charge in [-0.1, -0.05) is 15.9 Å². The Morgan fingerprint density at radius 3 is 2.04 bits per heavy atom. The van der Waals surface area contributed by atoms with E-state index >= 15 is 0 Å². The number of aryl methyl sites for hydroxylation is 2. The highest BCUT2D eigenvalue weighted by Gasteiger charge is 2.28. The summed E-state index contributed by atoms with van der Waals surface area (Å²) in [6, 6.07) is 3.19. The molecule has 2 N–H and O–H groups in total. The number of halogens is 1. The topological polar surface area (TPSA) is 106 Å². The first-order valence-electron chi connectivity index (χ1n) is 6.88. The van der Waals surface area contributed by atoms with E-state index < -0.39 is 11.9 Å². The molecule has 1 aliphatic heterocycles. The molecular formula is C16H12BrNO6. The van der Waals surface area contributed by atoms with Crippen LogP contribution in [-0.2, 0) is 0 Å². The lowest BCUT2D eigenvalue weighted by Crippen LogP contribution is -2.13. The number of carboxylic acid groups (broad SMARTS) is 2. The average Bonchev–Trinajstić information content (AvgIpc) is 2.91. The Morgan fingerprint density at radius 2 is 1.54 bits per heavy atom. The van der Waals surface area contributed by atoms with Crippen molar-refractivity contribution >= 4 is 27.9 Å². The molecule has 0 atom stereocenters. The van der Waals surface area contributed by atoms with Crippen molar-refractivity contribution in [2.24, 2.45) is 0 Å². The molecule has 3 rings (SSSR count). The van der Waals surface area contributed by atoms with E-state index in [-0.39, 0.29) is 34.9 Å². The van der Waals surface area contributed by atoms with E-state index in [4.69, 9.17) is 9.47 Å². The van der Waals surface area contributed by atoms with Crippen molar-refractivity contribution in [3.05, 3.63) is 39.1 Å². The first-order valence-corrected chi connectivity index (χ1v) is 7.67. The van der Waals surface area contributed by atoms with E-state index in [1.165, 1.54) is 13.8 Å². The molecule has 0 saturated heterocycles. The minimum absolute atomic E-state index is 0.0528. The molecule has 124 valence electrons. The van der Waals surface area contributed by atoms with Gasteiger partial charge in [0.1, 0.15) is 0 Å². The molecule has 0 amide bonds. The zero-order chi connectivity index (χ0) is 17.6. The summed E-state index contributed by atoms with van der Waals surface area (Å²) in [7, 11) is 0. The van der Waals surface area contributed by atoms with Crippen molar-refractivity contribution in [1.82, 2.24) is 4.98 Å². The molecule has 0 aliphatic carbocycles. The molecule has 2 heterocycles. The highest BCUT2D eigenvalue weighted by molar-refractivity contribution is 9.10. The van der Waals surface area contributed by atoms with Gasteiger partial charge < -0.3 is 19.7 Å². The lowest BCUT2D eigenvalue weighted by molar-refractivity contribution is 0.0695. The molecule has 0 unspecified atom stereocenters. The fraction of sp³-hybridized carbons (Fsp3) is 0.188.